The van der Waals surface area contributed by atoms with Crippen LogP contribution in [0.15, 0.2) is 48.5 Å². The van der Waals surface area contributed by atoms with E-state index in [9.17, 15) is 19.7 Å². The van der Waals surface area contributed by atoms with Crippen LogP contribution in [0, 0.1) is 10.1 Å². The topological polar surface area (TPSA) is 102 Å². The molecule has 2 aromatic rings. The highest BCUT2D eigenvalue weighted by atomic mass is 16.6. The number of benzene rings is 2. The van der Waals surface area contributed by atoms with Gasteiger partial charge >= 0.3 is 0 Å². The van der Waals surface area contributed by atoms with Gasteiger partial charge < -0.3 is 15.0 Å². The van der Waals surface area contributed by atoms with Crippen molar-refractivity contribution in [2.24, 2.45) is 0 Å². The van der Waals surface area contributed by atoms with Crippen molar-refractivity contribution in [2.75, 3.05) is 20.2 Å². The number of carbonyl (C=O) groups is 2. The number of amides is 2. The van der Waals surface area contributed by atoms with E-state index in [2.05, 4.69) is 5.32 Å². The van der Waals surface area contributed by atoms with Crippen LogP contribution in [0.3, 0.4) is 0 Å². The first-order valence-electron chi connectivity index (χ1n) is 9.85. The van der Waals surface area contributed by atoms with Crippen molar-refractivity contribution >= 4 is 17.5 Å². The number of nitro groups is 1. The normalized spacial score (nSPS) is 11.4. The molecule has 0 aliphatic carbocycles. The van der Waals surface area contributed by atoms with E-state index < -0.39 is 4.92 Å². The zero-order valence-corrected chi connectivity index (χ0v) is 17.5. The molecule has 0 fully saturated rings. The lowest BCUT2D eigenvalue weighted by Gasteiger charge is -2.25. The van der Waals surface area contributed by atoms with Gasteiger partial charge in [0.2, 0.25) is 5.91 Å². The molecule has 0 bridgehead atoms. The lowest BCUT2D eigenvalue weighted by molar-refractivity contribution is -0.384. The molecule has 0 aliphatic rings. The van der Waals surface area contributed by atoms with Crippen molar-refractivity contribution < 1.29 is 19.2 Å². The molecule has 0 saturated heterocycles. The Labute approximate surface area is 176 Å². The summed E-state index contributed by atoms with van der Waals surface area (Å²) in [5, 5.41) is 13.8. The Morgan fingerprint density at radius 2 is 1.93 bits per heavy atom. The van der Waals surface area contributed by atoms with Crippen LogP contribution in [0.4, 0.5) is 5.69 Å². The molecule has 0 aliphatic heterocycles. The van der Waals surface area contributed by atoms with Crippen molar-refractivity contribution in [3.63, 3.8) is 0 Å². The minimum Gasteiger partial charge on any atom is -0.493 e. The number of nitro benzene ring substituents is 1. The second-order valence-corrected chi connectivity index (χ2v) is 6.82. The lowest BCUT2D eigenvalue weighted by Crippen LogP contribution is -2.31. The van der Waals surface area contributed by atoms with E-state index in [-0.39, 0.29) is 30.0 Å². The van der Waals surface area contributed by atoms with Crippen LogP contribution in [0.25, 0.3) is 0 Å². The maximum atomic E-state index is 12.5. The molecular weight excluding hydrogens is 386 g/mol. The molecule has 1 unspecified atom stereocenters. The van der Waals surface area contributed by atoms with Crippen LogP contribution in [-0.2, 0) is 4.79 Å². The van der Waals surface area contributed by atoms with Crippen LogP contribution >= 0.6 is 0 Å². The molecule has 2 amide bonds. The zero-order valence-electron chi connectivity index (χ0n) is 17.5. The van der Waals surface area contributed by atoms with E-state index in [1.165, 1.54) is 12.1 Å². The first-order valence-corrected chi connectivity index (χ1v) is 9.85. The number of nitrogens with zero attached hydrogens (tertiary/aromatic N) is 2. The third-order valence-corrected chi connectivity index (χ3v) is 4.82. The molecular formula is C22H27N3O5. The molecule has 8 nitrogen and oxygen atoms in total. The average Bonchev–Trinajstić information content (AvgIpc) is 2.76. The number of non-ortho nitro benzene ring substituents is 1. The quantitative estimate of drug-likeness (QED) is 0.363. The third-order valence-electron chi connectivity index (χ3n) is 4.82. The summed E-state index contributed by atoms with van der Waals surface area (Å²) in [7, 11) is 1.67. The Morgan fingerprint density at radius 1 is 1.20 bits per heavy atom. The summed E-state index contributed by atoms with van der Waals surface area (Å²) >= 11 is 0. The van der Waals surface area contributed by atoms with Gasteiger partial charge in [-0.2, -0.15) is 0 Å². The number of carbonyl (C=O) groups excluding carboxylic acids is 2. The highest BCUT2D eigenvalue weighted by molar-refractivity contribution is 5.96. The van der Waals surface area contributed by atoms with Crippen molar-refractivity contribution in [1.29, 1.82) is 0 Å². The smallest absolute Gasteiger partial charge is 0.269 e. The Bertz CT molecular complexity index is 900. The number of nitrogens with one attached hydrogen (secondary N) is 1. The molecule has 160 valence electrons. The van der Waals surface area contributed by atoms with Gasteiger partial charge in [-0.05, 0) is 38.0 Å². The lowest BCUT2D eigenvalue weighted by atomic mass is 10.1. The fourth-order valence-corrected chi connectivity index (χ4v) is 2.99. The summed E-state index contributed by atoms with van der Waals surface area (Å²) in [6.07, 6.45) is 0.733. The summed E-state index contributed by atoms with van der Waals surface area (Å²) in [6.45, 7) is 4.49. The number of rotatable bonds is 10. The number of hydrogen-bond donors (Lipinski definition) is 1. The molecule has 2 aromatic carbocycles. The molecule has 1 atom stereocenters. The van der Waals surface area contributed by atoms with E-state index >= 15 is 0 Å². The second-order valence-electron chi connectivity index (χ2n) is 6.82. The predicted octanol–water partition coefficient (Wildman–Crippen LogP) is 3.72. The molecule has 30 heavy (non-hydrogen) atoms. The molecule has 0 spiro atoms. The van der Waals surface area contributed by atoms with Gasteiger partial charge in [-0.1, -0.05) is 24.3 Å². The first kappa shape index (κ1) is 22.9. The van der Waals surface area contributed by atoms with Gasteiger partial charge in [-0.15, -0.1) is 0 Å². The first-order chi connectivity index (χ1) is 14.3. The Balaban J connectivity index is 1.85. The summed E-state index contributed by atoms with van der Waals surface area (Å²) in [5.41, 5.74) is 1.15. The minimum atomic E-state index is -0.454. The highest BCUT2D eigenvalue weighted by Gasteiger charge is 2.19. The number of para-hydroxylation sites is 1. The van der Waals surface area contributed by atoms with E-state index in [1.807, 2.05) is 13.8 Å². The Kier molecular flexibility index (Phi) is 8.34. The van der Waals surface area contributed by atoms with Crippen LogP contribution in [0.5, 0.6) is 5.75 Å². The van der Waals surface area contributed by atoms with Gasteiger partial charge in [0.1, 0.15) is 5.75 Å². The molecule has 0 aromatic heterocycles. The SMILES string of the molecule is CCOc1ccccc1C(=O)NCCCC(=O)N(C)C(C)c1cccc([N+](=O)[O-])c1. The molecule has 0 heterocycles. The van der Waals surface area contributed by atoms with Gasteiger partial charge in [-0.25, -0.2) is 0 Å². The third kappa shape index (κ3) is 6.04. The maximum Gasteiger partial charge on any atom is 0.269 e. The largest absolute Gasteiger partial charge is 0.493 e. The van der Waals surface area contributed by atoms with Gasteiger partial charge in [0.05, 0.1) is 23.1 Å². The average molecular weight is 413 g/mol. The van der Waals surface area contributed by atoms with Crippen molar-refractivity contribution in [3.8, 4) is 5.75 Å². The van der Waals surface area contributed by atoms with Gasteiger partial charge in [0, 0.05) is 32.1 Å². The second kappa shape index (κ2) is 10.9. The minimum absolute atomic E-state index is 0.00440. The van der Waals surface area contributed by atoms with Gasteiger partial charge in [-0.3, -0.25) is 19.7 Å². The van der Waals surface area contributed by atoms with E-state index in [0.29, 0.717) is 36.4 Å². The molecule has 0 saturated carbocycles. The summed E-state index contributed by atoms with van der Waals surface area (Å²) in [5.74, 6) is 0.182. The fraction of sp³-hybridized carbons (Fsp3) is 0.364. The summed E-state index contributed by atoms with van der Waals surface area (Å²) < 4.78 is 5.46. The van der Waals surface area contributed by atoms with Crippen LogP contribution in [0.1, 0.15) is 48.7 Å². The van der Waals surface area contributed by atoms with E-state index in [1.54, 1.807) is 48.3 Å². The van der Waals surface area contributed by atoms with E-state index in [0.717, 1.165) is 0 Å². The van der Waals surface area contributed by atoms with Crippen molar-refractivity contribution in [1.82, 2.24) is 10.2 Å². The molecule has 0 radical (unpaired) electrons. The predicted molar refractivity (Wildman–Crippen MR) is 113 cm³/mol. The fourth-order valence-electron chi connectivity index (χ4n) is 2.99. The highest BCUT2D eigenvalue weighted by Crippen LogP contribution is 2.23. The summed E-state index contributed by atoms with van der Waals surface area (Å²) in [4.78, 5) is 36.9. The summed E-state index contributed by atoms with van der Waals surface area (Å²) in [6, 6.07) is 13.0. The van der Waals surface area contributed by atoms with Crippen LogP contribution in [0.2, 0.25) is 0 Å². The standard InChI is InChI=1S/C22H27N3O5/c1-4-30-20-12-6-5-11-19(20)22(27)23-14-8-13-21(26)24(3)16(2)17-9-7-10-18(15-17)25(28)29/h5-7,9-12,15-16H,4,8,13-14H2,1-3H3,(H,23,27). The molecule has 2 rings (SSSR count). The number of ether oxygens (including phenoxy) is 1. The molecule has 1 N–H and O–H groups in total. The Hall–Kier alpha value is -3.42. The number of hydrogen-bond acceptors (Lipinski definition) is 5. The van der Waals surface area contributed by atoms with Gasteiger partial charge in [0.25, 0.3) is 11.6 Å². The van der Waals surface area contributed by atoms with Crippen molar-refractivity contribution in [2.45, 2.75) is 32.7 Å². The Morgan fingerprint density at radius 3 is 2.63 bits per heavy atom. The van der Waals surface area contributed by atoms with Gasteiger partial charge in [0.15, 0.2) is 0 Å². The maximum absolute atomic E-state index is 12.5. The van der Waals surface area contributed by atoms with Crippen LogP contribution < -0.4 is 10.1 Å². The van der Waals surface area contributed by atoms with E-state index in [4.69, 9.17) is 4.74 Å². The van der Waals surface area contributed by atoms with Crippen molar-refractivity contribution in [3.05, 3.63) is 69.8 Å². The monoisotopic (exact) mass is 413 g/mol. The zero-order chi connectivity index (χ0) is 22.1. The molecule has 8 heteroatoms. The van der Waals surface area contributed by atoms with Crippen LogP contribution in [-0.4, -0.2) is 41.8 Å².